The number of fused-ring (bicyclic) bond motifs is 1. The summed E-state index contributed by atoms with van der Waals surface area (Å²) < 4.78 is 10.7. The number of carbonyl (C=O) groups excluding carboxylic acids is 1. The van der Waals surface area contributed by atoms with E-state index in [1.807, 2.05) is 30.3 Å². The minimum Gasteiger partial charge on any atom is -0.497 e. The number of aryl methyl sites for hydroxylation is 2. The summed E-state index contributed by atoms with van der Waals surface area (Å²) in [7, 11) is 3.21. The second-order valence-corrected chi connectivity index (χ2v) is 6.47. The molecule has 2 aromatic carbocycles. The molecule has 1 aliphatic carbocycles. The fourth-order valence-corrected chi connectivity index (χ4v) is 3.47. The third kappa shape index (κ3) is 3.83. The van der Waals surface area contributed by atoms with Crippen molar-refractivity contribution < 1.29 is 19.4 Å². The molecule has 0 radical (unpaired) electrons. The van der Waals surface area contributed by atoms with Gasteiger partial charge >= 0.3 is 0 Å². The van der Waals surface area contributed by atoms with Gasteiger partial charge in [-0.15, -0.1) is 0 Å². The van der Waals surface area contributed by atoms with Crippen LogP contribution in [0.2, 0.25) is 0 Å². The van der Waals surface area contributed by atoms with Crippen molar-refractivity contribution in [1.29, 1.82) is 0 Å². The van der Waals surface area contributed by atoms with Crippen LogP contribution < -0.4 is 9.47 Å². The van der Waals surface area contributed by atoms with Crippen molar-refractivity contribution >= 4 is 5.91 Å². The molecule has 0 unspecified atom stereocenters. The maximum Gasteiger partial charge on any atom is 0.254 e. The van der Waals surface area contributed by atoms with Gasteiger partial charge in [-0.25, -0.2) is 0 Å². The summed E-state index contributed by atoms with van der Waals surface area (Å²) in [6.45, 7) is 0.510. The Kier molecular flexibility index (Phi) is 5.78. The lowest BCUT2D eigenvalue weighted by atomic mass is 10.0. The lowest BCUT2D eigenvalue weighted by molar-refractivity contribution is 0.0706. The van der Waals surface area contributed by atoms with Gasteiger partial charge in [0.1, 0.15) is 11.5 Å². The largest absolute Gasteiger partial charge is 0.497 e. The van der Waals surface area contributed by atoms with Crippen molar-refractivity contribution in [3.05, 3.63) is 58.7 Å². The van der Waals surface area contributed by atoms with Crippen molar-refractivity contribution in [3.8, 4) is 11.5 Å². The van der Waals surface area contributed by atoms with Crippen LogP contribution in [0.25, 0.3) is 0 Å². The summed E-state index contributed by atoms with van der Waals surface area (Å²) in [5.41, 5.74) is 4.11. The predicted molar refractivity (Wildman–Crippen MR) is 99.8 cm³/mol. The van der Waals surface area contributed by atoms with Gasteiger partial charge in [0.25, 0.3) is 5.91 Å². The SMILES string of the molecule is COc1ccc(OC)c(CN(CCO)C(=O)c2ccc3c(c2)CCC3)c1. The predicted octanol–water partition coefficient (Wildman–Crippen LogP) is 2.83. The Morgan fingerprint density at radius 1 is 1.08 bits per heavy atom. The smallest absolute Gasteiger partial charge is 0.254 e. The molecule has 1 N–H and O–H groups in total. The third-order valence-electron chi connectivity index (χ3n) is 4.85. The Morgan fingerprint density at radius 2 is 1.88 bits per heavy atom. The summed E-state index contributed by atoms with van der Waals surface area (Å²) in [6, 6.07) is 11.4. The molecule has 1 aliphatic rings. The summed E-state index contributed by atoms with van der Waals surface area (Å²) in [5.74, 6) is 1.31. The maximum atomic E-state index is 13.0. The fourth-order valence-electron chi connectivity index (χ4n) is 3.47. The minimum absolute atomic E-state index is 0.0846. The molecular formula is C21H25NO4. The van der Waals surface area contributed by atoms with Gasteiger partial charge in [-0.3, -0.25) is 4.79 Å². The molecule has 3 rings (SSSR count). The van der Waals surface area contributed by atoms with Crippen LogP contribution in [0.15, 0.2) is 36.4 Å². The Balaban J connectivity index is 1.86. The molecule has 5 nitrogen and oxygen atoms in total. The van der Waals surface area contributed by atoms with Gasteiger partial charge < -0.3 is 19.5 Å². The molecule has 1 amide bonds. The highest BCUT2D eigenvalue weighted by molar-refractivity contribution is 5.94. The molecule has 138 valence electrons. The van der Waals surface area contributed by atoms with Crippen LogP contribution in [0.3, 0.4) is 0 Å². The first kappa shape index (κ1) is 18.3. The average molecular weight is 355 g/mol. The molecule has 26 heavy (non-hydrogen) atoms. The molecule has 0 saturated carbocycles. The van der Waals surface area contributed by atoms with E-state index in [1.165, 1.54) is 11.1 Å². The number of hydrogen-bond acceptors (Lipinski definition) is 4. The van der Waals surface area contributed by atoms with E-state index < -0.39 is 0 Å². The molecule has 2 aromatic rings. The number of amides is 1. The van der Waals surface area contributed by atoms with Gasteiger partial charge in [-0.1, -0.05) is 6.07 Å². The molecule has 5 heteroatoms. The van der Waals surface area contributed by atoms with Gasteiger partial charge in [0.2, 0.25) is 0 Å². The lowest BCUT2D eigenvalue weighted by Crippen LogP contribution is -2.33. The van der Waals surface area contributed by atoms with Crippen molar-refractivity contribution in [2.24, 2.45) is 0 Å². The number of rotatable bonds is 7. The first-order chi connectivity index (χ1) is 12.7. The Morgan fingerprint density at radius 3 is 2.62 bits per heavy atom. The number of aliphatic hydroxyl groups excluding tert-OH is 1. The van der Waals surface area contributed by atoms with Crippen LogP contribution in [0.4, 0.5) is 0 Å². The number of nitrogens with zero attached hydrogens (tertiary/aromatic N) is 1. The van der Waals surface area contributed by atoms with Crippen molar-refractivity contribution in [1.82, 2.24) is 4.90 Å². The van der Waals surface area contributed by atoms with Crippen LogP contribution >= 0.6 is 0 Å². The molecule has 0 spiro atoms. The van der Waals surface area contributed by atoms with E-state index in [0.717, 1.165) is 24.8 Å². The highest BCUT2D eigenvalue weighted by atomic mass is 16.5. The topological polar surface area (TPSA) is 59.0 Å². The molecule has 0 aliphatic heterocycles. The second-order valence-electron chi connectivity index (χ2n) is 6.47. The Bertz CT molecular complexity index is 788. The third-order valence-corrected chi connectivity index (χ3v) is 4.85. The summed E-state index contributed by atoms with van der Waals surface area (Å²) in [6.07, 6.45) is 3.26. The minimum atomic E-state index is -0.0943. The average Bonchev–Trinajstić information content (AvgIpc) is 3.14. The second kappa shape index (κ2) is 8.23. The van der Waals surface area contributed by atoms with Crippen LogP contribution in [0.5, 0.6) is 11.5 Å². The summed E-state index contributed by atoms with van der Waals surface area (Å²) >= 11 is 0. The lowest BCUT2D eigenvalue weighted by Gasteiger charge is -2.23. The van der Waals surface area contributed by atoms with Crippen LogP contribution in [-0.4, -0.2) is 43.3 Å². The van der Waals surface area contributed by atoms with Crippen molar-refractivity contribution in [2.45, 2.75) is 25.8 Å². The highest BCUT2D eigenvalue weighted by Crippen LogP contribution is 2.27. The first-order valence-electron chi connectivity index (χ1n) is 8.89. The molecule has 0 fully saturated rings. The number of methoxy groups -OCH3 is 2. The zero-order valence-corrected chi connectivity index (χ0v) is 15.3. The number of aliphatic hydroxyl groups is 1. The normalized spacial score (nSPS) is 12.6. The monoisotopic (exact) mass is 355 g/mol. The Hall–Kier alpha value is -2.53. The van der Waals surface area contributed by atoms with Gasteiger partial charge in [-0.05, 0) is 60.7 Å². The molecule has 0 bridgehead atoms. The van der Waals surface area contributed by atoms with Gasteiger partial charge in [-0.2, -0.15) is 0 Å². The van der Waals surface area contributed by atoms with E-state index in [1.54, 1.807) is 19.1 Å². The van der Waals surface area contributed by atoms with E-state index in [4.69, 9.17) is 9.47 Å². The van der Waals surface area contributed by atoms with E-state index in [9.17, 15) is 9.90 Å². The van der Waals surface area contributed by atoms with E-state index in [2.05, 4.69) is 6.07 Å². The fraction of sp³-hybridized carbons (Fsp3) is 0.381. The molecule has 0 atom stereocenters. The number of benzene rings is 2. The van der Waals surface area contributed by atoms with Crippen molar-refractivity contribution in [3.63, 3.8) is 0 Å². The molecule has 0 heterocycles. The van der Waals surface area contributed by atoms with E-state index in [0.29, 0.717) is 23.6 Å². The summed E-state index contributed by atoms with van der Waals surface area (Å²) in [5, 5.41) is 9.44. The van der Waals surface area contributed by atoms with Crippen molar-refractivity contribution in [2.75, 3.05) is 27.4 Å². The zero-order valence-electron chi connectivity index (χ0n) is 15.3. The van der Waals surface area contributed by atoms with Crippen LogP contribution in [0.1, 0.15) is 33.5 Å². The first-order valence-corrected chi connectivity index (χ1v) is 8.89. The number of ether oxygens (including phenoxy) is 2. The number of hydrogen-bond donors (Lipinski definition) is 1. The molecule has 0 aromatic heterocycles. The standard InChI is InChI=1S/C21H25NO4/c1-25-19-8-9-20(26-2)18(13-19)14-22(10-11-23)21(24)17-7-6-15-4-3-5-16(15)12-17/h6-9,12-13,23H,3-5,10-11,14H2,1-2H3. The van der Waals surface area contributed by atoms with E-state index >= 15 is 0 Å². The van der Waals surface area contributed by atoms with Crippen LogP contribution in [-0.2, 0) is 19.4 Å². The van der Waals surface area contributed by atoms with E-state index in [-0.39, 0.29) is 19.1 Å². The highest BCUT2D eigenvalue weighted by Gasteiger charge is 2.20. The Labute approximate surface area is 154 Å². The van der Waals surface area contributed by atoms with Gasteiger partial charge in [0.15, 0.2) is 0 Å². The quantitative estimate of drug-likeness (QED) is 0.830. The van der Waals surface area contributed by atoms with Gasteiger partial charge in [0.05, 0.1) is 20.8 Å². The summed E-state index contributed by atoms with van der Waals surface area (Å²) in [4.78, 5) is 14.7. The zero-order chi connectivity index (χ0) is 18.5. The van der Waals surface area contributed by atoms with Gasteiger partial charge in [0, 0.05) is 24.2 Å². The number of carbonyl (C=O) groups is 1. The maximum absolute atomic E-state index is 13.0. The molecular weight excluding hydrogens is 330 g/mol. The molecule has 0 saturated heterocycles. The van der Waals surface area contributed by atoms with Crippen LogP contribution in [0, 0.1) is 0 Å².